The normalized spacial score (nSPS) is 12.5. The summed E-state index contributed by atoms with van der Waals surface area (Å²) in [5.41, 5.74) is 4.25. The zero-order valence-corrected chi connectivity index (χ0v) is 15.0. The van der Waals surface area contributed by atoms with Crippen molar-refractivity contribution in [2.75, 3.05) is 0 Å². The Morgan fingerprint density at radius 2 is 2.08 bits per heavy atom. The molecular weight excluding hydrogens is 319 g/mol. The van der Waals surface area contributed by atoms with Crippen LogP contribution in [-0.2, 0) is 6.54 Å². The highest BCUT2D eigenvalue weighted by molar-refractivity contribution is 5.98. The van der Waals surface area contributed by atoms with Gasteiger partial charge in [-0.25, -0.2) is 4.39 Å². The van der Waals surface area contributed by atoms with Crippen molar-refractivity contribution < 1.29 is 9.18 Å². The predicted molar refractivity (Wildman–Crippen MR) is 96.1 cm³/mol. The summed E-state index contributed by atoms with van der Waals surface area (Å²) in [5.74, 6) is -0.519. The van der Waals surface area contributed by atoms with E-state index in [2.05, 4.69) is 15.4 Å². The lowest BCUT2D eigenvalue weighted by Crippen LogP contribution is -2.29. The zero-order valence-electron chi connectivity index (χ0n) is 15.0. The van der Waals surface area contributed by atoms with Gasteiger partial charge in [0.25, 0.3) is 5.91 Å². The maximum absolute atomic E-state index is 13.3. The van der Waals surface area contributed by atoms with E-state index in [0.29, 0.717) is 11.1 Å². The summed E-state index contributed by atoms with van der Waals surface area (Å²) >= 11 is 0. The molecule has 2 aromatic heterocycles. The Morgan fingerprint density at radius 1 is 1.32 bits per heavy atom. The smallest absolute Gasteiger partial charge is 0.268 e. The fourth-order valence-corrected chi connectivity index (χ4v) is 3.36. The highest BCUT2D eigenvalue weighted by Crippen LogP contribution is 2.25. The van der Waals surface area contributed by atoms with Gasteiger partial charge in [0.2, 0.25) is 0 Å². The van der Waals surface area contributed by atoms with E-state index < -0.39 is 0 Å². The molecule has 3 aromatic rings. The molecule has 5 nitrogen and oxygen atoms in total. The molecule has 25 heavy (non-hydrogen) atoms. The molecule has 1 atom stereocenters. The summed E-state index contributed by atoms with van der Waals surface area (Å²) in [5, 5.41) is 8.30. The van der Waals surface area contributed by atoms with Gasteiger partial charge < -0.3 is 10.3 Å². The Morgan fingerprint density at radius 3 is 2.72 bits per heavy atom. The third-order valence-electron chi connectivity index (χ3n) is 4.63. The van der Waals surface area contributed by atoms with Crippen molar-refractivity contribution in [2.45, 2.75) is 46.7 Å². The molecule has 0 spiro atoms. The first-order valence-electron chi connectivity index (χ1n) is 8.57. The van der Waals surface area contributed by atoms with Crippen LogP contribution in [0.2, 0.25) is 0 Å². The van der Waals surface area contributed by atoms with Crippen LogP contribution in [0.5, 0.6) is 0 Å². The quantitative estimate of drug-likeness (QED) is 0.735. The van der Waals surface area contributed by atoms with Crippen molar-refractivity contribution in [3.05, 3.63) is 52.7 Å². The molecule has 2 heterocycles. The van der Waals surface area contributed by atoms with Gasteiger partial charge >= 0.3 is 0 Å². The van der Waals surface area contributed by atoms with E-state index in [4.69, 9.17) is 0 Å². The van der Waals surface area contributed by atoms with Crippen LogP contribution in [0.3, 0.4) is 0 Å². The summed E-state index contributed by atoms with van der Waals surface area (Å²) < 4.78 is 15.3. The van der Waals surface area contributed by atoms with Crippen LogP contribution in [0, 0.1) is 19.7 Å². The maximum atomic E-state index is 13.3. The lowest BCUT2D eigenvalue weighted by molar-refractivity contribution is 0.0931. The standard InChI is InChI=1S/C19H23FN4O/c1-5-15(18-11(3)23-24(6-2)12(18)4)22-19(25)17-10-13-9-14(20)7-8-16(13)21-17/h7-10,15,21H,5-6H2,1-4H3,(H,22,25). The van der Waals surface area contributed by atoms with Crippen molar-refractivity contribution in [2.24, 2.45) is 0 Å². The van der Waals surface area contributed by atoms with E-state index in [9.17, 15) is 9.18 Å². The van der Waals surface area contributed by atoms with Gasteiger partial charge in [-0.05, 0) is 51.5 Å². The monoisotopic (exact) mass is 342 g/mol. The van der Waals surface area contributed by atoms with Crippen LogP contribution in [0.1, 0.15) is 53.7 Å². The number of fused-ring (bicyclic) bond motifs is 1. The molecule has 3 rings (SSSR count). The Labute approximate surface area is 146 Å². The molecule has 0 bridgehead atoms. The third kappa shape index (κ3) is 3.16. The topological polar surface area (TPSA) is 62.7 Å². The average molecular weight is 342 g/mol. The first-order valence-corrected chi connectivity index (χ1v) is 8.57. The van der Waals surface area contributed by atoms with Crippen LogP contribution in [0.4, 0.5) is 4.39 Å². The Bertz CT molecular complexity index is 925. The number of amides is 1. The molecule has 0 aliphatic carbocycles. The molecule has 1 amide bonds. The minimum atomic E-state index is -0.317. The number of halogens is 1. The van der Waals surface area contributed by atoms with Crippen LogP contribution in [0.25, 0.3) is 10.9 Å². The van der Waals surface area contributed by atoms with E-state index in [-0.39, 0.29) is 17.8 Å². The van der Waals surface area contributed by atoms with Crippen molar-refractivity contribution >= 4 is 16.8 Å². The number of nitrogens with one attached hydrogen (secondary N) is 2. The second kappa shape index (κ2) is 6.70. The first-order chi connectivity index (χ1) is 11.9. The molecule has 1 aromatic carbocycles. The molecule has 0 aliphatic rings. The molecule has 2 N–H and O–H groups in total. The number of carbonyl (C=O) groups excluding carboxylic acids is 1. The van der Waals surface area contributed by atoms with Gasteiger partial charge in [-0.3, -0.25) is 9.48 Å². The number of aryl methyl sites for hydroxylation is 2. The number of rotatable bonds is 5. The largest absolute Gasteiger partial charge is 0.351 e. The van der Waals surface area contributed by atoms with E-state index in [1.54, 1.807) is 12.1 Å². The van der Waals surface area contributed by atoms with Crippen LogP contribution < -0.4 is 5.32 Å². The Balaban J connectivity index is 1.88. The lowest BCUT2D eigenvalue weighted by Gasteiger charge is -2.17. The van der Waals surface area contributed by atoms with Crippen molar-refractivity contribution in [3.8, 4) is 0 Å². The van der Waals surface area contributed by atoms with Gasteiger partial charge in [-0.1, -0.05) is 6.92 Å². The second-order valence-electron chi connectivity index (χ2n) is 6.25. The maximum Gasteiger partial charge on any atom is 0.268 e. The molecule has 1 unspecified atom stereocenters. The van der Waals surface area contributed by atoms with Gasteiger partial charge in [0.15, 0.2) is 0 Å². The number of benzene rings is 1. The number of aromatic amines is 1. The van der Waals surface area contributed by atoms with Gasteiger partial charge in [-0.2, -0.15) is 5.10 Å². The number of H-pyrrole nitrogens is 1. The Kier molecular flexibility index (Phi) is 4.61. The zero-order chi connectivity index (χ0) is 18.1. The minimum Gasteiger partial charge on any atom is -0.351 e. The number of nitrogens with zero attached hydrogens (tertiary/aromatic N) is 2. The van der Waals surface area contributed by atoms with E-state index in [1.807, 2.05) is 32.4 Å². The van der Waals surface area contributed by atoms with Crippen LogP contribution in [-0.4, -0.2) is 20.7 Å². The third-order valence-corrected chi connectivity index (χ3v) is 4.63. The second-order valence-corrected chi connectivity index (χ2v) is 6.25. The highest BCUT2D eigenvalue weighted by atomic mass is 19.1. The van der Waals surface area contributed by atoms with E-state index >= 15 is 0 Å². The summed E-state index contributed by atoms with van der Waals surface area (Å²) in [7, 11) is 0. The molecule has 132 valence electrons. The van der Waals surface area contributed by atoms with Gasteiger partial charge in [-0.15, -0.1) is 0 Å². The highest BCUT2D eigenvalue weighted by Gasteiger charge is 2.22. The fraction of sp³-hybridized carbons (Fsp3) is 0.368. The SMILES string of the molecule is CCC(NC(=O)c1cc2cc(F)ccc2[nH]1)c1c(C)nn(CC)c1C. The van der Waals surface area contributed by atoms with E-state index in [1.165, 1.54) is 12.1 Å². The number of carbonyl (C=O) groups is 1. The van der Waals surface area contributed by atoms with Crippen LogP contribution in [0.15, 0.2) is 24.3 Å². The van der Waals surface area contributed by atoms with Crippen molar-refractivity contribution in [1.29, 1.82) is 0 Å². The number of hydrogen-bond donors (Lipinski definition) is 2. The molecule has 0 radical (unpaired) electrons. The molecule has 0 saturated carbocycles. The molecule has 0 aliphatic heterocycles. The van der Waals surface area contributed by atoms with Crippen LogP contribution >= 0.6 is 0 Å². The van der Waals surface area contributed by atoms with E-state index in [0.717, 1.165) is 35.4 Å². The van der Waals surface area contributed by atoms with Crippen molar-refractivity contribution in [1.82, 2.24) is 20.1 Å². The fourth-order valence-electron chi connectivity index (χ4n) is 3.36. The lowest BCUT2D eigenvalue weighted by atomic mass is 10.0. The molecule has 6 heteroatoms. The molecule has 0 fully saturated rings. The predicted octanol–water partition coefficient (Wildman–Crippen LogP) is 4.02. The Hall–Kier alpha value is -2.63. The average Bonchev–Trinajstić information content (AvgIpc) is 3.13. The number of hydrogen-bond acceptors (Lipinski definition) is 2. The van der Waals surface area contributed by atoms with Gasteiger partial charge in [0, 0.05) is 28.7 Å². The molecule has 0 saturated heterocycles. The van der Waals surface area contributed by atoms with Gasteiger partial charge in [0.1, 0.15) is 11.5 Å². The first kappa shape index (κ1) is 17.2. The summed E-state index contributed by atoms with van der Waals surface area (Å²) in [6.07, 6.45) is 0.762. The van der Waals surface area contributed by atoms with Gasteiger partial charge in [0.05, 0.1) is 11.7 Å². The summed E-state index contributed by atoms with van der Waals surface area (Å²) in [6, 6.07) is 5.99. The summed E-state index contributed by atoms with van der Waals surface area (Å²) in [6.45, 7) is 8.87. The van der Waals surface area contributed by atoms with Crippen molar-refractivity contribution in [3.63, 3.8) is 0 Å². The minimum absolute atomic E-state index is 0.115. The molecular formula is C19H23FN4O. The summed E-state index contributed by atoms with van der Waals surface area (Å²) in [4.78, 5) is 15.7. The number of aromatic nitrogens is 3.